The molecule has 0 fully saturated rings. The van der Waals surface area contributed by atoms with E-state index < -0.39 is 23.6 Å². The van der Waals surface area contributed by atoms with Gasteiger partial charge in [0.05, 0.1) is 17.4 Å². The topological polar surface area (TPSA) is 110 Å². The van der Waals surface area contributed by atoms with Crippen LogP contribution in [0.2, 0.25) is 0 Å². The average molecular weight is 286 g/mol. The second kappa shape index (κ2) is 4.75. The first-order chi connectivity index (χ1) is 10.1. The number of H-pyrrole nitrogens is 1. The Morgan fingerprint density at radius 3 is 2.81 bits per heavy atom. The number of hydrogen-bond donors (Lipinski definition) is 2. The largest absolute Gasteiger partial charge is 0.480 e. The molecule has 3 aromatic rings. The summed E-state index contributed by atoms with van der Waals surface area (Å²) < 4.78 is 2.65. The van der Waals surface area contributed by atoms with E-state index in [0.717, 1.165) is 4.57 Å². The van der Waals surface area contributed by atoms with Gasteiger partial charge in [0.1, 0.15) is 6.54 Å². The number of imidazole rings is 1. The summed E-state index contributed by atoms with van der Waals surface area (Å²) in [5.74, 6) is -1.20. The molecular weight excluding hydrogens is 276 g/mol. The maximum absolute atomic E-state index is 11.9. The maximum atomic E-state index is 11.9. The molecule has 0 saturated carbocycles. The summed E-state index contributed by atoms with van der Waals surface area (Å²) in [4.78, 5) is 40.7. The zero-order chi connectivity index (χ0) is 15.0. The lowest BCUT2D eigenvalue weighted by Crippen LogP contribution is -2.37. The van der Waals surface area contributed by atoms with E-state index in [-0.39, 0.29) is 0 Å². The third-order valence-electron chi connectivity index (χ3n) is 3.06. The Morgan fingerprint density at radius 1 is 1.33 bits per heavy atom. The predicted octanol–water partition coefficient (Wildman–Crippen LogP) is -0.0399. The molecule has 0 aliphatic rings. The van der Waals surface area contributed by atoms with Crippen molar-refractivity contribution < 1.29 is 9.90 Å². The van der Waals surface area contributed by atoms with E-state index in [4.69, 9.17) is 5.11 Å². The number of hydrogen-bond acceptors (Lipinski definition) is 4. The summed E-state index contributed by atoms with van der Waals surface area (Å²) in [7, 11) is 0. The molecule has 8 nitrogen and oxygen atoms in total. The van der Waals surface area contributed by atoms with Gasteiger partial charge in [-0.25, -0.2) is 4.98 Å². The molecule has 2 heterocycles. The lowest BCUT2D eigenvalue weighted by atomic mass is 10.2. The van der Waals surface area contributed by atoms with Crippen LogP contribution >= 0.6 is 0 Å². The van der Waals surface area contributed by atoms with Gasteiger partial charge >= 0.3 is 17.1 Å². The molecule has 0 spiro atoms. The summed E-state index contributed by atoms with van der Waals surface area (Å²) in [6, 6.07) is 4.97. The molecule has 8 heteroatoms. The van der Waals surface area contributed by atoms with Crippen molar-refractivity contribution in [1.82, 2.24) is 19.1 Å². The van der Waals surface area contributed by atoms with E-state index in [0.29, 0.717) is 16.7 Å². The van der Waals surface area contributed by atoms with Gasteiger partial charge in [-0.15, -0.1) is 0 Å². The fourth-order valence-corrected chi connectivity index (χ4v) is 2.12. The lowest BCUT2D eigenvalue weighted by Gasteiger charge is -2.09. The minimum atomic E-state index is -1.20. The van der Waals surface area contributed by atoms with Crippen LogP contribution in [0.4, 0.5) is 0 Å². The Bertz CT molecular complexity index is 937. The van der Waals surface area contributed by atoms with Crippen molar-refractivity contribution in [3.8, 4) is 5.69 Å². The highest BCUT2D eigenvalue weighted by Gasteiger charge is 2.11. The minimum Gasteiger partial charge on any atom is -0.480 e. The molecule has 0 bridgehead atoms. The number of aromatic amines is 1. The third kappa shape index (κ3) is 2.22. The van der Waals surface area contributed by atoms with Gasteiger partial charge in [-0.2, -0.15) is 0 Å². The summed E-state index contributed by atoms with van der Waals surface area (Å²) in [5, 5.41) is 8.91. The standard InChI is InChI=1S/C13H10N4O4/c18-11(19)6-17-10-5-8(16-4-3-14-7-16)1-2-9(10)15-12(20)13(17)21/h1-5,7H,6H2,(H,15,20)(H,18,19). The molecule has 21 heavy (non-hydrogen) atoms. The van der Waals surface area contributed by atoms with Crippen LogP contribution < -0.4 is 11.1 Å². The van der Waals surface area contributed by atoms with E-state index in [1.54, 1.807) is 41.5 Å². The van der Waals surface area contributed by atoms with Crippen molar-refractivity contribution >= 4 is 17.0 Å². The van der Waals surface area contributed by atoms with Gasteiger partial charge in [0.2, 0.25) is 0 Å². The van der Waals surface area contributed by atoms with Gasteiger partial charge < -0.3 is 14.7 Å². The number of carbonyl (C=O) groups is 1. The van der Waals surface area contributed by atoms with Gasteiger partial charge in [0, 0.05) is 18.1 Å². The van der Waals surface area contributed by atoms with Crippen LogP contribution in [-0.2, 0) is 11.3 Å². The number of carboxylic acid groups (broad SMARTS) is 1. The minimum absolute atomic E-state index is 0.341. The van der Waals surface area contributed by atoms with Gasteiger partial charge in [-0.05, 0) is 18.2 Å². The molecule has 2 N–H and O–H groups in total. The molecule has 0 radical (unpaired) electrons. The van der Waals surface area contributed by atoms with E-state index in [1.807, 2.05) is 0 Å². The highest BCUT2D eigenvalue weighted by atomic mass is 16.4. The predicted molar refractivity (Wildman–Crippen MR) is 73.6 cm³/mol. The molecule has 0 aliphatic carbocycles. The lowest BCUT2D eigenvalue weighted by molar-refractivity contribution is -0.137. The fraction of sp³-hybridized carbons (Fsp3) is 0.0769. The van der Waals surface area contributed by atoms with E-state index >= 15 is 0 Å². The highest BCUT2D eigenvalue weighted by Crippen LogP contribution is 2.15. The Morgan fingerprint density at radius 2 is 2.14 bits per heavy atom. The number of rotatable bonds is 3. The molecule has 0 unspecified atom stereocenters. The van der Waals surface area contributed by atoms with Gasteiger partial charge in [-0.1, -0.05) is 0 Å². The number of aromatic nitrogens is 4. The normalized spacial score (nSPS) is 10.9. The van der Waals surface area contributed by atoms with Crippen molar-refractivity contribution in [2.75, 3.05) is 0 Å². The van der Waals surface area contributed by atoms with Gasteiger partial charge in [0.15, 0.2) is 0 Å². The SMILES string of the molecule is O=C(O)Cn1c(=O)c(=O)[nH]c2ccc(-n3ccnc3)cc21. The second-order valence-corrected chi connectivity index (χ2v) is 4.41. The highest BCUT2D eigenvalue weighted by molar-refractivity contribution is 5.79. The fourth-order valence-electron chi connectivity index (χ4n) is 2.12. The number of benzene rings is 1. The molecule has 106 valence electrons. The Balaban J connectivity index is 2.33. The first-order valence-corrected chi connectivity index (χ1v) is 6.03. The summed E-state index contributed by atoms with van der Waals surface area (Å²) >= 11 is 0. The van der Waals surface area contributed by atoms with Crippen molar-refractivity contribution in [1.29, 1.82) is 0 Å². The van der Waals surface area contributed by atoms with Crippen LogP contribution in [0.25, 0.3) is 16.7 Å². The quantitative estimate of drug-likeness (QED) is 0.656. The van der Waals surface area contributed by atoms with E-state index in [2.05, 4.69) is 9.97 Å². The molecular formula is C13H10N4O4. The van der Waals surface area contributed by atoms with Crippen LogP contribution in [-0.4, -0.2) is 30.2 Å². The Hall–Kier alpha value is -3.16. The third-order valence-corrected chi connectivity index (χ3v) is 3.06. The number of nitrogens with one attached hydrogen (secondary N) is 1. The van der Waals surface area contributed by atoms with Crippen LogP contribution in [0.5, 0.6) is 0 Å². The van der Waals surface area contributed by atoms with Gasteiger partial charge in [-0.3, -0.25) is 19.0 Å². The zero-order valence-corrected chi connectivity index (χ0v) is 10.7. The molecule has 3 rings (SSSR count). The Kier molecular flexibility index (Phi) is 2.90. The molecule has 0 atom stereocenters. The van der Waals surface area contributed by atoms with Crippen LogP contribution in [0.1, 0.15) is 0 Å². The summed E-state index contributed by atoms with van der Waals surface area (Å²) in [6.07, 6.45) is 4.89. The van der Waals surface area contributed by atoms with E-state index in [1.165, 1.54) is 0 Å². The number of fused-ring (bicyclic) bond motifs is 1. The van der Waals surface area contributed by atoms with Crippen LogP contribution in [0, 0.1) is 0 Å². The van der Waals surface area contributed by atoms with Gasteiger partial charge in [0.25, 0.3) is 0 Å². The van der Waals surface area contributed by atoms with Crippen molar-refractivity contribution in [2.24, 2.45) is 0 Å². The summed E-state index contributed by atoms with van der Waals surface area (Å²) in [5.41, 5.74) is -0.310. The number of nitrogens with zero attached hydrogens (tertiary/aromatic N) is 3. The molecule has 0 amide bonds. The smallest absolute Gasteiger partial charge is 0.323 e. The van der Waals surface area contributed by atoms with Crippen molar-refractivity contribution in [3.63, 3.8) is 0 Å². The molecule has 0 aliphatic heterocycles. The number of carboxylic acids is 1. The Labute approximate surface area is 116 Å². The maximum Gasteiger partial charge on any atom is 0.323 e. The first-order valence-electron chi connectivity index (χ1n) is 6.03. The van der Waals surface area contributed by atoms with Crippen LogP contribution in [0.3, 0.4) is 0 Å². The second-order valence-electron chi connectivity index (χ2n) is 4.41. The summed E-state index contributed by atoms with van der Waals surface area (Å²) in [6.45, 7) is -0.577. The first kappa shape index (κ1) is 12.9. The monoisotopic (exact) mass is 286 g/mol. The van der Waals surface area contributed by atoms with Crippen molar-refractivity contribution in [3.05, 3.63) is 57.6 Å². The van der Waals surface area contributed by atoms with E-state index in [9.17, 15) is 14.4 Å². The zero-order valence-electron chi connectivity index (χ0n) is 10.7. The molecule has 1 aromatic carbocycles. The van der Waals surface area contributed by atoms with Crippen LogP contribution in [0.15, 0.2) is 46.5 Å². The van der Waals surface area contributed by atoms with Crippen molar-refractivity contribution in [2.45, 2.75) is 6.54 Å². The average Bonchev–Trinajstić information content (AvgIpc) is 2.97. The number of aliphatic carboxylic acids is 1. The molecule has 2 aromatic heterocycles. The molecule has 0 saturated heterocycles.